The summed E-state index contributed by atoms with van der Waals surface area (Å²) in [4.78, 5) is 64.0. The van der Waals surface area contributed by atoms with Crippen LogP contribution in [0, 0.1) is 0 Å². The molecule has 0 saturated heterocycles. The third-order valence-electron chi connectivity index (χ3n) is 5.75. The van der Waals surface area contributed by atoms with Crippen LogP contribution in [0.4, 0.5) is 0 Å². The maximum atomic E-state index is 13.4. The Balaban J connectivity index is 1.79. The van der Waals surface area contributed by atoms with Gasteiger partial charge in [-0.3, -0.25) is 14.4 Å². The Morgan fingerprint density at radius 2 is 1.31 bits per heavy atom. The van der Waals surface area contributed by atoms with Gasteiger partial charge in [-0.2, -0.15) is 0 Å². The molecule has 4 atom stereocenters. The number of aromatic nitrogens is 4. The Bertz CT molecular complexity index is 1230. The number of carbonyl (C=O) groups excluding carboxylic acids is 3. The number of benzene rings is 1. The van der Waals surface area contributed by atoms with E-state index in [4.69, 9.17) is 5.73 Å². The fourth-order valence-electron chi connectivity index (χ4n) is 3.64. The predicted octanol–water partition coefficient (Wildman–Crippen LogP) is -2.28. The molecule has 3 rings (SSSR count). The van der Waals surface area contributed by atoms with E-state index in [0.29, 0.717) is 17.0 Å². The molecule has 4 unspecified atom stereocenters. The maximum Gasteiger partial charge on any atom is 0.328 e. The second-order valence-corrected chi connectivity index (χ2v) is 8.74. The van der Waals surface area contributed by atoms with Gasteiger partial charge in [0.15, 0.2) is 0 Å². The highest BCUT2D eigenvalue weighted by Gasteiger charge is 2.31. The average molecular weight is 543 g/mol. The number of hydrogen-bond donors (Lipinski definition) is 9. The van der Waals surface area contributed by atoms with Crippen LogP contribution in [0.1, 0.15) is 17.0 Å². The molecule has 0 spiro atoms. The van der Waals surface area contributed by atoms with Gasteiger partial charge < -0.3 is 47.0 Å². The lowest BCUT2D eigenvalue weighted by Crippen LogP contribution is -2.58. The van der Waals surface area contributed by atoms with E-state index in [-0.39, 0.29) is 25.0 Å². The largest absolute Gasteiger partial charge is 0.508 e. The van der Waals surface area contributed by atoms with Gasteiger partial charge in [-0.25, -0.2) is 14.8 Å². The van der Waals surface area contributed by atoms with Gasteiger partial charge >= 0.3 is 5.97 Å². The van der Waals surface area contributed by atoms with E-state index >= 15 is 0 Å². The van der Waals surface area contributed by atoms with Crippen LogP contribution in [-0.4, -0.2) is 89.7 Å². The smallest absolute Gasteiger partial charge is 0.328 e. The number of phenolic OH excluding ortho intramolecular Hbond substituents is 1. The van der Waals surface area contributed by atoms with Crippen LogP contribution < -0.4 is 21.7 Å². The Morgan fingerprint density at radius 1 is 0.795 bits per heavy atom. The molecule has 0 aliphatic carbocycles. The van der Waals surface area contributed by atoms with Gasteiger partial charge in [0.05, 0.1) is 25.3 Å². The van der Waals surface area contributed by atoms with Crippen LogP contribution in [0.25, 0.3) is 0 Å². The molecule has 1 aromatic carbocycles. The number of carbonyl (C=O) groups is 4. The number of H-pyrrole nitrogens is 2. The van der Waals surface area contributed by atoms with Gasteiger partial charge in [0.2, 0.25) is 17.7 Å². The molecular weight excluding hydrogens is 512 g/mol. The second-order valence-electron chi connectivity index (χ2n) is 8.74. The summed E-state index contributed by atoms with van der Waals surface area (Å²) in [6, 6.07) is 0.744. The van der Waals surface area contributed by atoms with Gasteiger partial charge in [-0.15, -0.1) is 0 Å². The van der Waals surface area contributed by atoms with Crippen molar-refractivity contribution in [2.24, 2.45) is 5.73 Å². The third kappa shape index (κ3) is 8.65. The van der Waals surface area contributed by atoms with E-state index < -0.39 is 54.5 Å². The monoisotopic (exact) mass is 542 g/mol. The minimum Gasteiger partial charge on any atom is -0.508 e. The third-order valence-corrected chi connectivity index (χ3v) is 5.75. The van der Waals surface area contributed by atoms with Crippen LogP contribution in [-0.2, 0) is 38.4 Å². The number of aliphatic hydroxyl groups is 1. The van der Waals surface area contributed by atoms with E-state index in [1.807, 2.05) is 0 Å². The summed E-state index contributed by atoms with van der Waals surface area (Å²) in [7, 11) is 0. The normalized spacial score (nSPS) is 14.0. The number of aliphatic carboxylic acids is 1. The Kier molecular flexibility index (Phi) is 10.1. The molecule has 15 heteroatoms. The molecule has 0 aliphatic heterocycles. The number of carboxylic acid groups (broad SMARTS) is 1. The van der Waals surface area contributed by atoms with Crippen molar-refractivity contribution in [2.45, 2.75) is 43.4 Å². The summed E-state index contributed by atoms with van der Waals surface area (Å²) in [5.41, 5.74) is 7.70. The average Bonchev–Trinajstić information content (AvgIpc) is 3.61. The van der Waals surface area contributed by atoms with Crippen LogP contribution in [0.2, 0.25) is 0 Å². The van der Waals surface area contributed by atoms with E-state index in [1.54, 1.807) is 0 Å². The highest BCUT2D eigenvalue weighted by atomic mass is 16.4. The SMILES string of the molecule is NC(Cc1cnc[nH]1)C(=O)NC(Cc1cnc[nH]1)C(=O)NC(Cc1ccc(O)cc1)C(=O)NC(CO)C(=O)O. The van der Waals surface area contributed by atoms with Crippen molar-refractivity contribution in [2.75, 3.05) is 6.61 Å². The summed E-state index contributed by atoms with van der Waals surface area (Å²) in [6.07, 6.45) is 5.86. The Morgan fingerprint density at radius 3 is 1.82 bits per heavy atom. The van der Waals surface area contributed by atoms with Crippen LogP contribution >= 0.6 is 0 Å². The fraction of sp³-hybridized carbons (Fsp3) is 0.333. The molecule has 10 N–H and O–H groups in total. The summed E-state index contributed by atoms with van der Waals surface area (Å²) >= 11 is 0. The van der Waals surface area contributed by atoms with Gasteiger partial charge in [0, 0.05) is 43.0 Å². The van der Waals surface area contributed by atoms with Crippen molar-refractivity contribution in [3.05, 3.63) is 66.3 Å². The van der Waals surface area contributed by atoms with Crippen molar-refractivity contribution in [1.82, 2.24) is 35.9 Å². The first-order valence-corrected chi connectivity index (χ1v) is 11.9. The first-order valence-electron chi connectivity index (χ1n) is 11.9. The zero-order chi connectivity index (χ0) is 28.4. The fourth-order valence-corrected chi connectivity index (χ4v) is 3.64. The first-order chi connectivity index (χ1) is 18.7. The molecule has 15 nitrogen and oxygen atoms in total. The maximum absolute atomic E-state index is 13.4. The number of rotatable bonds is 14. The van der Waals surface area contributed by atoms with Gasteiger partial charge in [-0.1, -0.05) is 12.1 Å². The highest BCUT2D eigenvalue weighted by Crippen LogP contribution is 2.12. The number of nitrogens with one attached hydrogen (secondary N) is 5. The number of phenols is 1. The zero-order valence-corrected chi connectivity index (χ0v) is 20.7. The number of aromatic amines is 2. The highest BCUT2D eigenvalue weighted by molar-refractivity contribution is 5.94. The number of carboxylic acids is 1. The number of aromatic hydroxyl groups is 1. The van der Waals surface area contributed by atoms with Gasteiger partial charge in [-0.05, 0) is 17.7 Å². The van der Waals surface area contributed by atoms with E-state index in [9.17, 15) is 34.5 Å². The van der Waals surface area contributed by atoms with Crippen molar-refractivity contribution >= 4 is 23.7 Å². The van der Waals surface area contributed by atoms with Crippen molar-refractivity contribution in [1.29, 1.82) is 0 Å². The van der Waals surface area contributed by atoms with Crippen LogP contribution in [0.3, 0.4) is 0 Å². The molecule has 0 fully saturated rings. The van der Waals surface area contributed by atoms with Crippen LogP contribution in [0.5, 0.6) is 5.75 Å². The molecular formula is C24H30N8O7. The summed E-state index contributed by atoms with van der Waals surface area (Å²) in [6.45, 7) is -0.867. The molecule has 2 aromatic heterocycles. The molecule has 0 saturated carbocycles. The number of aliphatic hydroxyl groups excluding tert-OH is 1. The summed E-state index contributed by atoms with van der Waals surface area (Å²) < 4.78 is 0. The minimum absolute atomic E-state index is 0.0104. The molecule has 39 heavy (non-hydrogen) atoms. The molecule has 0 radical (unpaired) electrons. The lowest BCUT2D eigenvalue weighted by molar-refractivity contribution is -0.143. The number of amides is 3. The lowest BCUT2D eigenvalue weighted by atomic mass is 10.0. The number of nitrogens with zero attached hydrogens (tertiary/aromatic N) is 2. The minimum atomic E-state index is -1.60. The summed E-state index contributed by atoms with van der Waals surface area (Å²) in [5, 5.41) is 35.4. The second kappa shape index (κ2) is 13.7. The van der Waals surface area contributed by atoms with Crippen molar-refractivity contribution in [3.8, 4) is 5.75 Å². The summed E-state index contributed by atoms with van der Waals surface area (Å²) in [5.74, 6) is -3.73. The lowest BCUT2D eigenvalue weighted by Gasteiger charge is -2.25. The number of nitrogens with two attached hydrogens (primary N) is 1. The quantitative estimate of drug-likeness (QED) is 0.106. The Hall–Kier alpha value is -4.76. The molecule has 2 heterocycles. The molecule has 3 amide bonds. The zero-order valence-electron chi connectivity index (χ0n) is 20.7. The molecule has 0 aliphatic rings. The topological polar surface area (TPSA) is 248 Å². The molecule has 0 bridgehead atoms. The Labute approximate surface area is 222 Å². The standard InChI is InChI=1S/C24H30N8O7/c25-17(6-14-8-26-11-28-14)21(35)30-19(7-15-9-27-12-29-15)23(37)31-18(5-13-1-3-16(34)4-2-13)22(36)32-20(10-33)24(38)39/h1-4,8-9,11-12,17-20,33-34H,5-7,10,25H2,(H,26,28)(H,27,29)(H,30,35)(H,31,37)(H,32,36)(H,38,39). The first kappa shape index (κ1) is 28.8. The number of imidazole rings is 2. The van der Waals surface area contributed by atoms with Gasteiger partial charge in [0.1, 0.15) is 23.9 Å². The molecule has 3 aromatic rings. The van der Waals surface area contributed by atoms with E-state index in [1.165, 1.54) is 49.3 Å². The predicted molar refractivity (Wildman–Crippen MR) is 135 cm³/mol. The molecule has 208 valence electrons. The van der Waals surface area contributed by atoms with Gasteiger partial charge in [0.25, 0.3) is 0 Å². The van der Waals surface area contributed by atoms with E-state index in [2.05, 4.69) is 35.9 Å². The van der Waals surface area contributed by atoms with Crippen molar-refractivity contribution < 1.29 is 34.5 Å². The van der Waals surface area contributed by atoms with E-state index in [0.717, 1.165) is 0 Å². The van der Waals surface area contributed by atoms with Crippen molar-refractivity contribution in [3.63, 3.8) is 0 Å². The number of hydrogen-bond acceptors (Lipinski definition) is 9. The van der Waals surface area contributed by atoms with Crippen LogP contribution in [0.15, 0.2) is 49.3 Å².